The zero-order chi connectivity index (χ0) is 16.5. The molecule has 1 aromatic carbocycles. The van der Waals surface area contributed by atoms with E-state index in [-0.39, 0.29) is 23.7 Å². The topological polar surface area (TPSA) is 57.7 Å². The van der Waals surface area contributed by atoms with Crippen molar-refractivity contribution in [2.24, 2.45) is 0 Å². The number of nitrogens with zero attached hydrogens (tertiary/aromatic N) is 2. The first-order valence-electron chi connectivity index (χ1n) is 6.91. The lowest BCUT2D eigenvalue weighted by Gasteiger charge is -2.22. The monoisotopic (exact) mass is 348 g/mol. The number of hydrogen-bond acceptors (Lipinski definition) is 3. The predicted molar refractivity (Wildman–Crippen MR) is 83.1 cm³/mol. The van der Waals surface area contributed by atoms with Crippen LogP contribution in [0, 0.1) is 12.7 Å². The molecule has 122 valence electrons. The standard InChI is InChI=1S/C14H18ClFN2O3S/c1-10-4-5-11(16)12(13(10)15)14(19)17-6-3-7-18(9-8-17)22(2,20)21/h4-5H,3,6-9H2,1-2H3. The Morgan fingerprint density at radius 2 is 1.91 bits per heavy atom. The van der Waals surface area contributed by atoms with Gasteiger partial charge < -0.3 is 4.90 Å². The molecule has 0 unspecified atom stereocenters. The molecule has 0 atom stereocenters. The number of rotatable bonds is 2. The van der Waals surface area contributed by atoms with Gasteiger partial charge in [0.25, 0.3) is 5.91 Å². The molecule has 0 bridgehead atoms. The Balaban J connectivity index is 2.23. The van der Waals surface area contributed by atoms with Crippen LogP contribution in [0.1, 0.15) is 22.3 Å². The van der Waals surface area contributed by atoms with Crippen molar-refractivity contribution in [1.82, 2.24) is 9.21 Å². The van der Waals surface area contributed by atoms with E-state index < -0.39 is 21.7 Å². The quantitative estimate of drug-likeness (QED) is 0.820. The van der Waals surface area contributed by atoms with Gasteiger partial charge in [-0.3, -0.25) is 4.79 Å². The SMILES string of the molecule is Cc1ccc(F)c(C(=O)N2CCCN(S(C)(=O)=O)CC2)c1Cl. The highest BCUT2D eigenvalue weighted by atomic mass is 35.5. The van der Waals surface area contributed by atoms with E-state index in [0.29, 0.717) is 25.1 Å². The van der Waals surface area contributed by atoms with E-state index in [1.54, 1.807) is 6.92 Å². The van der Waals surface area contributed by atoms with Crippen LogP contribution in [0.5, 0.6) is 0 Å². The van der Waals surface area contributed by atoms with Gasteiger partial charge in [-0.15, -0.1) is 0 Å². The summed E-state index contributed by atoms with van der Waals surface area (Å²) < 4.78 is 38.5. The van der Waals surface area contributed by atoms with Crippen LogP contribution in [0.2, 0.25) is 5.02 Å². The van der Waals surface area contributed by atoms with E-state index in [9.17, 15) is 17.6 Å². The van der Waals surface area contributed by atoms with E-state index in [0.717, 1.165) is 6.26 Å². The molecular weight excluding hydrogens is 331 g/mol. The molecule has 5 nitrogen and oxygen atoms in total. The Morgan fingerprint density at radius 1 is 1.23 bits per heavy atom. The van der Waals surface area contributed by atoms with Crippen molar-refractivity contribution in [3.8, 4) is 0 Å². The predicted octanol–water partition coefficient (Wildman–Crippen LogP) is 1.90. The van der Waals surface area contributed by atoms with Crippen LogP contribution >= 0.6 is 11.6 Å². The van der Waals surface area contributed by atoms with Crippen molar-refractivity contribution in [1.29, 1.82) is 0 Å². The first kappa shape index (κ1) is 17.2. The highest BCUT2D eigenvalue weighted by Crippen LogP contribution is 2.25. The number of aryl methyl sites for hydroxylation is 1. The molecular formula is C14H18ClFN2O3S. The minimum Gasteiger partial charge on any atom is -0.337 e. The average molecular weight is 349 g/mol. The first-order valence-corrected chi connectivity index (χ1v) is 9.13. The molecule has 0 radical (unpaired) electrons. The maximum atomic E-state index is 14.0. The highest BCUT2D eigenvalue weighted by molar-refractivity contribution is 7.88. The van der Waals surface area contributed by atoms with Gasteiger partial charge in [-0.1, -0.05) is 17.7 Å². The fourth-order valence-corrected chi connectivity index (χ4v) is 3.55. The summed E-state index contributed by atoms with van der Waals surface area (Å²) in [5.41, 5.74) is 0.480. The minimum absolute atomic E-state index is 0.106. The number of amides is 1. The van der Waals surface area contributed by atoms with Crippen molar-refractivity contribution in [2.45, 2.75) is 13.3 Å². The number of halogens is 2. The molecule has 0 aromatic heterocycles. The lowest BCUT2D eigenvalue weighted by atomic mass is 10.1. The summed E-state index contributed by atoms with van der Waals surface area (Å²) in [5, 5.41) is 0.106. The normalized spacial score (nSPS) is 17.4. The van der Waals surface area contributed by atoms with Crippen molar-refractivity contribution in [3.63, 3.8) is 0 Å². The number of sulfonamides is 1. The lowest BCUT2D eigenvalue weighted by Crippen LogP contribution is -2.37. The Kier molecular flexibility index (Phi) is 5.09. The molecule has 1 aliphatic rings. The Morgan fingerprint density at radius 3 is 2.55 bits per heavy atom. The molecule has 22 heavy (non-hydrogen) atoms. The van der Waals surface area contributed by atoms with Crippen LogP contribution in [0.4, 0.5) is 4.39 Å². The summed E-state index contributed by atoms with van der Waals surface area (Å²) in [7, 11) is -3.29. The van der Waals surface area contributed by atoms with Crippen LogP contribution in [0.25, 0.3) is 0 Å². The van der Waals surface area contributed by atoms with Gasteiger partial charge in [0.15, 0.2) is 0 Å². The molecule has 2 rings (SSSR count). The summed E-state index contributed by atoms with van der Waals surface area (Å²) in [4.78, 5) is 14.0. The van der Waals surface area contributed by atoms with Crippen LogP contribution in [-0.4, -0.2) is 56.0 Å². The first-order chi connectivity index (χ1) is 10.2. The van der Waals surface area contributed by atoms with Crippen LogP contribution in [-0.2, 0) is 10.0 Å². The van der Waals surface area contributed by atoms with E-state index >= 15 is 0 Å². The molecule has 0 aliphatic carbocycles. The number of hydrogen-bond donors (Lipinski definition) is 0. The summed E-state index contributed by atoms with van der Waals surface area (Å²) >= 11 is 6.06. The average Bonchev–Trinajstić information content (AvgIpc) is 2.68. The lowest BCUT2D eigenvalue weighted by molar-refractivity contribution is 0.0759. The Bertz CT molecular complexity index is 694. The largest absolute Gasteiger partial charge is 0.337 e. The number of carbonyl (C=O) groups is 1. The molecule has 1 aromatic rings. The molecule has 0 saturated carbocycles. The van der Waals surface area contributed by atoms with E-state index in [1.165, 1.54) is 21.3 Å². The molecule has 1 aliphatic heterocycles. The van der Waals surface area contributed by atoms with Crippen molar-refractivity contribution >= 4 is 27.5 Å². The van der Waals surface area contributed by atoms with E-state index in [1.807, 2.05) is 0 Å². The zero-order valence-electron chi connectivity index (χ0n) is 12.5. The van der Waals surface area contributed by atoms with Gasteiger partial charge in [-0.2, -0.15) is 0 Å². The van der Waals surface area contributed by atoms with Crippen molar-refractivity contribution in [3.05, 3.63) is 34.1 Å². The maximum absolute atomic E-state index is 14.0. The fraction of sp³-hybridized carbons (Fsp3) is 0.500. The van der Waals surface area contributed by atoms with Crippen LogP contribution in [0.3, 0.4) is 0 Å². The molecule has 0 N–H and O–H groups in total. The molecule has 1 saturated heterocycles. The van der Waals surface area contributed by atoms with Crippen LogP contribution < -0.4 is 0 Å². The third-order valence-electron chi connectivity index (χ3n) is 3.71. The summed E-state index contributed by atoms with van der Waals surface area (Å²) in [6, 6.07) is 2.73. The third-order valence-corrected chi connectivity index (χ3v) is 5.50. The second kappa shape index (κ2) is 6.52. The second-order valence-electron chi connectivity index (χ2n) is 5.36. The number of carbonyl (C=O) groups excluding carboxylic acids is 1. The van der Waals surface area contributed by atoms with Gasteiger partial charge in [0, 0.05) is 26.2 Å². The van der Waals surface area contributed by atoms with Gasteiger partial charge in [0.2, 0.25) is 10.0 Å². The molecule has 1 heterocycles. The smallest absolute Gasteiger partial charge is 0.258 e. The van der Waals surface area contributed by atoms with Crippen LogP contribution in [0.15, 0.2) is 12.1 Å². The Labute approximate surface area is 134 Å². The fourth-order valence-electron chi connectivity index (χ4n) is 2.44. The molecule has 1 fully saturated rings. The summed E-state index contributed by atoms with van der Waals surface area (Å²) in [6.45, 7) is 2.85. The highest BCUT2D eigenvalue weighted by Gasteiger charge is 2.27. The van der Waals surface area contributed by atoms with Gasteiger partial charge in [-0.05, 0) is 25.0 Å². The Hall–Kier alpha value is -1.18. The van der Waals surface area contributed by atoms with Gasteiger partial charge in [-0.25, -0.2) is 17.1 Å². The van der Waals surface area contributed by atoms with E-state index in [2.05, 4.69) is 0 Å². The molecule has 1 amide bonds. The third kappa shape index (κ3) is 3.59. The van der Waals surface area contributed by atoms with Crippen molar-refractivity contribution in [2.75, 3.05) is 32.4 Å². The van der Waals surface area contributed by atoms with Gasteiger partial charge in [0.05, 0.1) is 16.8 Å². The maximum Gasteiger partial charge on any atom is 0.258 e. The zero-order valence-corrected chi connectivity index (χ0v) is 14.0. The number of benzene rings is 1. The minimum atomic E-state index is -3.29. The summed E-state index contributed by atoms with van der Waals surface area (Å²) in [5.74, 6) is -1.16. The van der Waals surface area contributed by atoms with Gasteiger partial charge >= 0.3 is 0 Å². The van der Waals surface area contributed by atoms with Crippen molar-refractivity contribution < 1.29 is 17.6 Å². The molecule has 8 heteroatoms. The molecule has 0 spiro atoms. The second-order valence-corrected chi connectivity index (χ2v) is 7.72. The van der Waals surface area contributed by atoms with E-state index in [4.69, 9.17) is 11.6 Å². The summed E-state index contributed by atoms with van der Waals surface area (Å²) in [6.07, 6.45) is 1.64. The van der Waals surface area contributed by atoms with Gasteiger partial charge in [0.1, 0.15) is 5.82 Å².